The van der Waals surface area contributed by atoms with Crippen molar-refractivity contribution < 1.29 is 14.3 Å². The molecule has 5 nitrogen and oxygen atoms in total. The van der Waals surface area contributed by atoms with E-state index in [1.807, 2.05) is 0 Å². The average molecular weight is 248 g/mol. The third kappa shape index (κ3) is 2.51. The molecular weight excluding hydrogens is 232 g/mol. The third-order valence-corrected chi connectivity index (χ3v) is 2.76. The summed E-state index contributed by atoms with van der Waals surface area (Å²) in [6.07, 6.45) is 1.42. The van der Waals surface area contributed by atoms with E-state index in [-0.39, 0.29) is 11.8 Å². The van der Waals surface area contributed by atoms with E-state index >= 15 is 0 Å². The van der Waals surface area contributed by atoms with Gasteiger partial charge in [0.25, 0.3) is 0 Å². The van der Waals surface area contributed by atoms with Crippen molar-refractivity contribution in [3.8, 4) is 5.75 Å². The summed E-state index contributed by atoms with van der Waals surface area (Å²) in [6, 6.07) is 7.03. The fourth-order valence-electron chi connectivity index (χ4n) is 1.96. The summed E-state index contributed by atoms with van der Waals surface area (Å²) in [5, 5.41) is 0. The van der Waals surface area contributed by atoms with Crippen molar-refractivity contribution >= 4 is 17.5 Å². The lowest BCUT2D eigenvalue weighted by Crippen LogP contribution is -2.40. The van der Waals surface area contributed by atoms with Crippen LogP contribution in [-0.4, -0.2) is 25.0 Å². The van der Waals surface area contributed by atoms with E-state index in [0.717, 1.165) is 0 Å². The molecule has 0 spiro atoms. The lowest BCUT2D eigenvalue weighted by Gasteiger charge is -2.26. The summed E-state index contributed by atoms with van der Waals surface area (Å²) in [7, 11) is 0. The molecular formula is C13H16N2O3. The minimum atomic E-state index is -0.171. The fraction of sp³-hybridized carbons (Fsp3) is 0.385. The molecule has 1 aliphatic heterocycles. The Morgan fingerprint density at radius 1 is 1.17 bits per heavy atom. The van der Waals surface area contributed by atoms with Gasteiger partial charge in [-0.05, 0) is 18.6 Å². The van der Waals surface area contributed by atoms with E-state index in [1.54, 1.807) is 24.3 Å². The molecule has 1 aromatic rings. The number of nitrogens with two attached hydrogens (primary N) is 1. The van der Waals surface area contributed by atoms with E-state index in [2.05, 4.69) is 0 Å². The monoisotopic (exact) mass is 248 g/mol. The zero-order valence-electron chi connectivity index (χ0n) is 10.1. The molecule has 18 heavy (non-hydrogen) atoms. The van der Waals surface area contributed by atoms with Crippen LogP contribution in [-0.2, 0) is 9.59 Å². The van der Waals surface area contributed by atoms with E-state index in [0.29, 0.717) is 43.9 Å². The van der Waals surface area contributed by atoms with Crippen molar-refractivity contribution in [3.63, 3.8) is 0 Å². The van der Waals surface area contributed by atoms with Gasteiger partial charge in [-0.25, -0.2) is 4.90 Å². The van der Waals surface area contributed by atoms with Crippen molar-refractivity contribution in [1.82, 2.24) is 0 Å². The van der Waals surface area contributed by atoms with Gasteiger partial charge in [-0.3, -0.25) is 9.59 Å². The number of piperidine rings is 1. The summed E-state index contributed by atoms with van der Waals surface area (Å²) in [5.74, 6) is 0.177. The molecule has 0 aromatic heterocycles. The van der Waals surface area contributed by atoms with Crippen molar-refractivity contribution in [1.29, 1.82) is 0 Å². The Balaban J connectivity index is 2.30. The maximum Gasteiger partial charge on any atom is 0.233 e. The molecule has 1 saturated heterocycles. The third-order valence-electron chi connectivity index (χ3n) is 2.76. The summed E-state index contributed by atoms with van der Waals surface area (Å²) < 4.78 is 5.47. The van der Waals surface area contributed by atoms with Gasteiger partial charge in [-0.2, -0.15) is 0 Å². The molecule has 96 valence electrons. The van der Waals surface area contributed by atoms with Gasteiger partial charge >= 0.3 is 0 Å². The number of carbonyl (C=O) groups is 2. The van der Waals surface area contributed by atoms with Crippen LogP contribution in [0, 0.1) is 0 Å². The number of anilines is 1. The van der Waals surface area contributed by atoms with Crippen LogP contribution < -0.4 is 15.4 Å². The van der Waals surface area contributed by atoms with Crippen LogP contribution in [0.4, 0.5) is 5.69 Å². The van der Waals surface area contributed by atoms with Crippen molar-refractivity contribution in [2.45, 2.75) is 19.3 Å². The van der Waals surface area contributed by atoms with Gasteiger partial charge < -0.3 is 10.5 Å². The van der Waals surface area contributed by atoms with Crippen molar-refractivity contribution in [2.75, 3.05) is 18.1 Å². The molecule has 2 rings (SSSR count). The standard InChI is InChI=1S/C13H16N2O3/c14-8-9-18-11-5-2-1-4-10(11)15-12(16)6-3-7-13(15)17/h1-2,4-5H,3,6-9,14H2. The number of benzene rings is 1. The molecule has 0 radical (unpaired) electrons. The number of para-hydroxylation sites is 2. The molecule has 0 bridgehead atoms. The Morgan fingerprint density at radius 2 is 1.83 bits per heavy atom. The second-order valence-corrected chi connectivity index (χ2v) is 4.08. The first-order valence-electron chi connectivity index (χ1n) is 6.01. The van der Waals surface area contributed by atoms with Crippen molar-refractivity contribution in [2.24, 2.45) is 5.73 Å². The van der Waals surface area contributed by atoms with Gasteiger partial charge in [0.1, 0.15) is 12.4 Å². The van der Waals surface area contributed by atoms with Crippen LogP contribution in [0.25, 0.3) is 0 Å². The Kier molecular flexibility index (Phi) is 3.94. The lowest BCUT2D eigenvalue weighted by molar-refractivity contribution is -0.129. The van der Waals surface area contributed by atoms with Gasteiger partial charge in [0.05, 0.1) is 5.69 Å². The SMILES string of the molecule is NCCOc1ccccc1N1C(=O)CCCC1=O. The number of hydrogen-bond donors (Lipinski definition) is 1. The molecule has 1 heterocycles. The number of nitrogens with zero attached hydrogens (tertiary/aromatic N) is 1. The fourth-order valence-corrected chi connectivity index (χ4v) is 1.96. The van der Waals surface area contributed by atoms with Crippen LogP contribution in [0.3, 0.4) is 0 Å². The van der Waals surface area contributed by atoms with Gasteiger partial charge in [-0.15, -0.1) is 0 Å². The number of hydrogen-bond acceptors (Lipinski definition) is 4. The first-order chi connectivity index (χ1) is 8.74. The Hall–Kier alpha value is -1.88. The van der Waals surface area contributed by atoms with E-state index in [4.69, 9.17) is 10.5 Å². The highest BCUT2D eigenvalue weighted by Crippen LogP contribution is 2.31. The highest BCUT2D eigenvalue weighted by atomic mass is 16.5. The average Bonchev–Trinajstić information content (AvgIpc) is 2.37. The Bertz CT molecular complexity index is 443. The molecule has 2 amide bonds. The first-order valence-corrected chi connectivity index (χ1v) is 6.01. The number of imide groups is 1. The highest BCUT2D eigenvalue weighted by molar-refractivity contribution is 6.17. The Morgan fingerprint density at radius 3 is 2.50 bits per heavy atom. The van der Waals surface area contributed by atoms with Gasteiger partial charge in [0.2, 0.25) is 11.8 Å². The molecule has 5 heteroatoms. The van der Waals surface area contributed by atoms with Crippen LogP contribution in [0.1, 0.15) is 19.3 Å². The molecule has 1 aromatic carbocycles. The normalized spacial score (nSPS) is 15.9. The van der Waals surface area contributed by atoms with E-state index in [1.165, 1.54) is 4.90 Å². The van der Waals surface area contributed by atoms with Gasteiger partial charge in [-0.1, -0.05) is 12.1 Å². The molecule has 1 fully saturated rings. The van der Waals surface area contributed by atoms with E-state index < -0.39 is 0 Å². The minimum absolute atomic E-state index is 0.171. The number of carbonyl (C=O) groups excluding carboxylic acids is 2. The second kappa shape index (κ2) is 5.64. The number of rotatable bonds is 4. The quantitative estimate of drug-likeness (QED) is 0.809. The molecule has 0 saturated carbocycles. The summed E-state index contributed by atoms with van der Waals surface area (Å²) in [5.41, 5.74) is 5.90. The van der Waals surface area contributed by atoms with E-state index in [9.17, 15) is 9.59 Å². The minimum Gasteiger partial charge on any atom is -0.490 e. The van der Waals surface area contributed by atoms with Crippen LogP contribution >= 0.6 is 0 Å². The summed E-state index contributed by atoms with van der Waals surface area (Å²) in [6.45, 7) is 0.740. The maximum absolute atomic E-state index is 11.9. The van der Waals surface area contributed by atoms with Crippen LogP contribution in [0.2, 0.25) is 0 Å². The molecule has 2 N–H and O–H groups in total. The number of amides is 2. The predicted molar refractivity (Wildman–Crippen MR) is 67.3 cm³/mol. The molecule has 1 aliphatic rings. The van der Waals surface area contributed by atoms with Gasteiger partial charge in [0, 0.05) is 19.4 Å². The Labute approximate surface area is 106 Å². The van der Waals surface area contributed by atoms with Crippen LogP contribution in [0.15, 0.2) is 24.3 Å². The van der Waals surface area contributed by atoms with Gasteiger partial charge in [0.15, 0.2) is 0 Å². The summed E-state index contributed by atoms with van der Waals surface area (Å²) >= 11 is 0. The molecule has 0 aliphatic carbocycles. The van der Waals surface area contributed by atoms with Crippen LogP contribution in [0.5, 0.6) is 5.75 Å². The topological polar surface area (TPSA) is 72.6 Å². The summed E-state index contributed by atoms with van der Waals surface area (Å²) in [4.78, 5) is 24.9. The van der Waals surface area contributed by atoms with Crippen molar-refractivity contribution in [3.05, 3.63) is 24.3 Å². The zero-order chi connectivity index (χ0) is 13.0. The highest BCUT2D eigenvalue weighted by Gasteiger charge is 2.29. The maximum atomic E-state index is 11.9. The largest absolute Gasteiger partial charge is 0.490 e. The zero-order valence-corrected chi connectivity index (χ0v) is 10.1. The smallest absolute Gasteiger partial charge is 0.233 e. The predicted octanol–water partition coefficient (Wildman–Crippen LogP) is 1.07. The first kappa shape index (κ1) is 12.6. The lowest BCUT2D eigenvalue weighted by atomic mass is 10.1. The molecule has 0 unspecified atom stereocenters. The number of ether oxygens (including phenoxy) is 1. The second-order valence-electron chi connectivity index (χ2n) is 4.08. The molecule has 0 atom stereocenters.